The molecule has 31 heavy (non-hydrogen) atoms. The molecule has 0 bridgehead atoms. The predicted molar refractivity (Wildman–Crippen MR) is 103 cm³/mol. The minimum absolute atomic E-state index is 0.0507. The molecule has 2 aliphatic rings. The van der Waals surface area contributed by atoms with Crippen LogP contribution in [0.15, 0.2) is 34.9 Å². The van der Waals surface area contributed by atoms with Crippen LogP contribution in [0.3, 0.4) is 0 Å². The van der Waals surface area contributed by atoms with Crippen LogP contribution in [0.5, 0.6) is 11.6 Å². The Morgan fingerprint density at radius 1 is 1.29 bits per heavy atom. The highest BCUT2D eigenvalue weighted by molar-refractivity contribution is 5.70. The maximum atomic E-state index is 12.8. The van der Waals surface area contributed by atoms with Gasteiger partial charge >= 0.3 is 12.5 Å². The Kier molecular flexibility index (Phi) is 5.83. The number of nitrogens with zero attached hydrogens (tertiary/aromatic N) is 3. The number of ether oxygens (including phenoxy) is 2. The lowest BCUT2D eigenvalue weighted by atomic mass is 10.2. The summed E-state index contributed by atoms with van der Waals surface area (Å²) in [7, 11) is 0. The average Bonchev–Trinajstić information content (AvgIpc) is 3.03. The van der Waals surface area contributed by atoms with Crippen molar-refractivity contribution in [1.82, 2.24) is 15.0 Å². The van der Waals surface area contributed by atoms with Gasteiger partial charge in [-0.25, -0.2) is 4.79 Å². The van der Waals surface area contributed by atoms with E-state index in [2.05, 4.69) is 21.7 Å². The van der Waals surface area contributed by atoms with Crippen molar-refractivity contribution in [2.24, 2.45) is 17.8 Å². The maximum Gasteiger partial charge on any atom is 0.573 e. The summed E-state index contributed by atoms with van der Waals surface area (Å²) in [4.78, 5) is 16.7. The Bertz CT molecular complexity index is 921. The van der Waals surface area contributed by atoms with Gasteiger partial charge in [0.2, 0.25) is 0 Å². The van der Waals surface area contributed by atoms with Crippen LogP contribution in [0, 0.1) is 24.7 Å². The van der Waals surface area contributed by atoms with Crippen LogP contribution in [0.4, 0.5) is 18.0 Å². The third-order valence-corrected chi connectivity index (χ3v) is 5.89. The van der Waals surface area contributed by atoms with Crippen LogP contribution in [-0.4, -0.2) is 53.6 Å². The lowest BCUT2D eigenvalue weighted by molar-refractivity contribution is -0.274. The molecule has 2 fully saturated rings. The minimum atomic E-state index is -4.78. The van der Waals surface area contributed by atoms with E-state index in [-0.39, 0.29) is 18.2 Å². The third-order valence-electron chi connectivity index (χ3n) is 5.89. The Hall–Kier alpha value is -2.75. The highest BCUT2D eigenvalue weighted by atomic mass is 19.4. The highest BCUT2D eigenvalue weighted by Gasteiger charge is 2.55. The Morgan fingerprint density at radius 3 is 2.65 bits per heavy atom. The van der Waals surface area contributed by atoms with Crippen molar-refractivity contribution in [3.63, 3.8) is 0 Å². The number of alkyl halides is 3. The predicted octanol–water partition coefficient (Wildman–Crippen LogP) is 4.08. The summed E-state index contributed by atoms with van der Waals surface area (Å²) < 4.78 is 51.9. The summed E-state index contributed by atoms with van der Waals surface area (Å²) in [5.74, 6) is 1.64. The number of hydrogen-bond donors (Lipinski definition) is 0. The van der Waals surface area contributed by atoms with E-state index in [1.165, 1.54) is 29.2 Å². The van der Waals surface area contributed by atoms with Gasteiger partial charge in [-0.2, -0.15) is 0 Å². The zero-order valence-electron chi connectivity index (χ0n) is 17.3. The number of rotatable bonds is 7. The van der Waals surface area contributed by atoms with Crippen LogP contribution in [0.25, 0.3) is 0 Å². The van der Waals surface area contributed by atoms with Crippen molar-refractivity contribution in [2.45, 2.75) is 26.8 Å². The second kappa shape index (κ2) is 8.41. The van der Waals surface area contributed by atoms with Crippen molar-refractivity contribution in [1.29, 1.82) is 0 Å². The summed E-state index contributed by atoms with van der Waals surface area (Å²) in [6, 6.07) is 7.12. The molecular weight excluding hydrogens is 415 g/mol. The number of aryl methyl sites for hydroxylation is 1. The molecule has 2 unspecified atom stereocenters. The van der Waals surface area contributed by atoms with Gasteiger partial charge < -0.3 is 23.8 Å². The molecule has 0 radical (unpaired) electrons. The normalized spacial score (nSPS) is 22.8. The van der Waals surface area contributed by atoms with E-state index in [4.69, 9.17) is 9.26 Å². The Balaban J connectivity index is 1.46. The summed E-state index contributed by atoms with van der Waals surface area (Å²) >= 11 is 0. The van der Waals surface area contributed by atoms with Gasteiger partial charge in [-0.1, -0.05) is 19.1 Å². The number of fused-ring (bicyclic) bond motifs is 1. The molecule has 4 rings (SSSR count). The molecule has 7 nitrogen and oxygen atoms in total. The SMILES string of the molecule is CCN1CC2C(C1)C2CN(Cc1cccc(OC(F)(F)F)c1)C(=O)Oc1cc(C)on1. The van der Waals surface area contributed by atoms with Gasteiger partial charge in [0.1, 0.15) is 11.5 Å². The van der Waals surface area contributed by atoms with Crippen LogP contribution >= 0.6 is 0 Å². The van der Waals surface area contributed by atoms with Gasteiger partial charge in [0, 0.05) is 32.2 Å². The van der Waals surface area contributed by atoms with E-state index in [1.807, 2.05) is 0 Å². The van der Waals surface area contributed by atoms with E-state index in [9.17, 15) is 18.0 Å². The monoisotopic (exact) mass is 439 g/mol. The molecule has 1 saturated heterocycles. The van der Waals surface area contributed by atoms with Gasteiger partial charge in [-0.05, 0) is 54.1 Å². The molecule has 2 atom stereocenters. The van der Waals surface area contributed by atoms with Gasteiger partial charge in [0.15, 0.2) is 0 Å². The van der Waals surface area contributed by atoms with E-state index in [1.54, 1.807) is 13.0 Å². The van der Waals surface area contributed by atoms with Gasteiger partial charge in [0.05, 0.1) is 0 Å². The van der Waals surface area contributed by atoms with E-state index >= 15 is 0 Å². The number of hydrogen-bond acceptors (Lipinski definition) is 6. The molecule has 1 saturated carbocycles. The van der Waals surface area contributed by atoms with Crippen molar-refractivity contribution in [2.75, 3.05) is 26.2 Å². The molecule has 1 aliphatic carbocycles. The zero-order chi connectivity index (χ0) is 22.2. The Labute approximate surface area is 177 Å². The number of piperidine rings is 1. The molecule has 1 amide bonds. The second-order valence-corrected chi connectivity index (χ2v) is 8.06. The number of amides is 1. The molecular formula is C21H24F3N3O4. The van der Waals surface area contributed by atoms with Crippen LogP contribution in [0.1, 0.15) is 18.2 Å². The summed E-state index contributed by atoms with van der Waals surface area (Å²) in [6.07, 6.45) is -5.40. The van der Waals surface area contributed by atoms with E-state index in [0.717, 1.165) is 19.6 Å². The van der Waals surface area contributed by atoms with Crippen molar-refractivity contribution >= 4 is 6.09 Å². The largest absolute Gasteiger partial charge is 0.573 e. The summed E-state index contributed by atoms with van der Waals surface area (Å²) in [5.41, 5.74) is 0.510. The van der Waals surface area contributed by atoms with Gasteiger partial charge in [0.25, 0.3) is 5.88 Å². The number of halogens is 3. The molecule has 1 aromatic carbocycles. The highest BCUT2D eigenvalue weighted by Crippen LogP contribution is 2.52. The number of aromatic nitrogens is 1. The molecule has 0 N–H and O–H groups in total. The fourth-order valence-corrected chi connectivity index (χ4v) is 4.33. The molecule has 2 aromatic rings. The topological polar surface area (TPSA) is 68.0 Å². The number of carbonyl (C=O) groups excluding carboxylic acids is 1. The first-order valence-electron chi connectivity index (χ1n) is 10.2. The minimum Gasteiger partial charge on any atom is -0.406 e. The number of carbonyl (C=O) groups is 1. The van der Waals surface area contributed by atoms with Crippen molar-refractivity contribution < 1.29 is 32.0 Å². The Morgan fingerprint density at radius 2 is 2.03 bits per heavy atom. The van der Waals surface area contributed by atoms with E-state index < -0.39 is 12.5 Å². The number of benzene rings is 1. The molecule has 168 valence electrons. The van der Waals surface area contributed by atoms with Gasteiger partial charge in [-0.15, -0.1) is 13.2 Å². The smallest absolute Gasteiger partial charge is 0.406 e. The first-order valence-corrected chi connectivity index (χ1v) is 10.2. The van der Waals surface area contributed by atoms with E-state index in [0.29, 0.717) is 35.6 Å². The molecule has 0 spiro atoms. The molecule has 1 aliphatic heterocycles. The fourth-order valence-electron chi connectivity index (χ4n) is 4.33. The lowest BCUT2D eigenvalue weighted by Crippen LogP contribution is -2.36. The number of likely N-dealkylation sites (tertiary alicyclic amines) is 1. The van der Waals surface area contributed by atoms with Crippen LogP contribution in [0.2, 0.25) is 0 Å². The lowest BCUT2D eigenvalue weighted by Gasteiger charge is -2.24. The van der Waals surface area contributed by atoms with Crippen molar-refractivity contribution in [3.8, 4) is 11.6 Å². The zero-order valence-corrected chi connectivity index (χ0v) is 17.3. The first kappa shape index (κ1) is 21.5. The standard InChI is InChI=1S/C21H24F3N3O4/c1-3-26-10-16-17(11-26)18(16)12-27(20(28)29-19-7-13(2)31-25-19)9-14-5-4-6-15(8-14)30-21(22,23)24/h4-8,16-18H,3,9-12H2,1-2H3. The second-order valence-electron chi connectivity index (χ2n) is 8.06. The van der Waals surface area contributed by atoms with Crippen LogP contribution in [-0.2, 0) is 6.54 Å². The third kappa shape index (κ3) is 5.30. The first-order chi connectivity index (χ1) is 14.7. The fraction of sp³-hybridized carbons (Fsp3) is 0.524. The van der Waals surface area contributed by atoms with Gasteiger partial charge in [-0.3, -0.25) is 0 Å². The van der Waals surface area contributed by atoms with Crippen LogP contribution < -0.4 is 9.47 Å². The summed E-state index contributed by atoms with van der Waals surface area (Å²) in [5, 5.41) is 3.68. The molecule has 2 heterocycles. The molecule has 1 aromatic heterocycles. The quantitative estimate of drug-likeness (QED) is 0.648. The summed E-state index contributed by atoms with van der Waals surface area (Å²) in [6.45, 7) is 7.38. The maximum absolute atomic E-state index is 12.8. The average molecular weight is 439 g/mol. The van der Waals surface area contributed by atoms with Crippen molar-refractivity contribution in [3.05, 3.63) is 41.7 Å². The molecule has 10 heteroatoms.